The van der Waals surface area contributed by atoms with Gasteiger partial charge in [-0.15, -0.1) is 0 Å². The molecule has 0 fully saturated rings. The van der Waals surface area contributed by atoms with Crippen molar-refractivity contribution in [3.05, 3.63) is 85.1 Å². The number of rotatable bonds is 27. The number of carbonyl (C=O) groups is 3. The Bertz CT molecular complexity index is 1030. The number of carboxylic acid groups (broad SMARTS) is 1. The first kappa shape index (κ1) is 42.5. The smallest absolute Gasteiger partial charge is 0.306 e. The van der Waals surface area contributed by atoms with Crippen molar-refractivity contribution in [3.8, 4) is 0 Å². The van der Waals surface area contributed by atoms with Gasteiger partial charge in [0.1, 0.15) is 12.6 Å². The number of aliphatic carboxylic acids is 1. The molecule has 0 rings (SSSR count). The van der Waals surface area contributed by atoms with Crippen LogP contribution in [0, 0.1) is 0 Å². The molecule has 46 heavy (non-hydrogen) atoms. The van der Waals surface area contributed by atoms with Crippen LogP contribution >= 0.6 is 0 Å². The van der Waals surface area contributed by atoms with Crippen LogP contribution in [0.1, 0.15) is 84.5 Å². The summed E-state index contributed by atoms with van der Waals surface area (Å²) >= 11 is 0. The molecule has 0 aromatic rings. The topological polar surface area (TPSA) is 102 Å². The van der Waals surface area contributed by atoms with Crippen LogP contribution in [0.4, 0.5) is 0 Å². The number of allylic oxidation sites excluding steroid dienone is 14. The molecule has 2 atom stereocenters. The van der Waals surface area contributed by atoms with E-state index in [4.69, 9.17) is 14.2 Å². The van der Waals surface area contributed by atoms with Gasteiger partial charge in [-0.25, -0.2) is 0 Å². The number of ether oxygens (including phenoxy) is 3. The van der Waals surface area contributed by atoms with Gasteiger partial charge in [-0.2, -0.15) is 0 Å². The highest BCUT2D eigenvalue weighted by Crippen LogP contribution is 2.10. The van der Waals surface area contributed by atoms with E-state index in [9.17, 15) is 19.5 Å². The molecule has 0 aliphatic heterocycles. The summed E-state index contributed by atoms with van der Waals surface area (Å²) in [5, 5.41) is 11.5. The number of esters is 2. The van der Waals surface area contributed by atoms with Crippen LogP contribution in [-0.2, 0) is 28.6 Å². The van der Waals surface area contributed by atoms with E-state index < -0.39 is 24.1 Å². The van der Waals surface area contributed by atoms with Crippen LogP contribution in [0.2, 0.25) is 0 Å². The zero-order valence-electron chi connectivity index (χ0n) is 28.9. The lowest BCUT2D eigenvalue weighted by molar-refractivity contribution is -0.889. The van der Waals surface area contributed by atoms with Crippen LogP contribution in [0.15, 0.2) is 85.1 Å². The molecule has 0 saturated heterocycles. The predicted octanol–water partition coefficient (Wildman–Crippen LogP) is 6.51. The first-order valence-corrected chi connectivity index (χ1v) is 16.7. The lowest BCUT2D eigenvalue weighted by atomic mass is 10.1. The molecule has 0 heterocycles. The van der Waals surface area contributed by atoms with E-state index in [2.05, 4.69) is 44.2 Å². The second-order valence-corrected chi connectivity index (χ2v) is 11.8. The van der Waals surface area contributed by atoms with Gasteiger partial charge in [-0.1, -0.05) is 98.9 Å². The fraction of sp³-hybridized carbons (Fsp3) is 0.553. The molecule has 0 amide bonds. The number of carbonyl (C=O) groups excluding carboxylic acids is 3. The number of carboxylic acids is 1. The third-order valence-corrected chi connectivity index (χ3v) is 6.66. The van der Waals surface area contributed by atoms with Crippen molar-refractivity contribution in [1.29, 1.82) is 0 Å². The fourth-order valence-electron chi connectivity index (χ4n) is 4.08. The van der Waals surface area contributed by atoms with E-state index in [1.54, 1.807) is 21.1 Å². The minimum Gasteiger partial charge on any atom is -0.544 e. The molecular weight excluding hydrogens is 582 g/mol. The first-order valence-electron chi connectivity index (χ1n) is 16.7. The maximum Gasteiger partial charge on any atom is 0.306 e. The maximum absolute atomic E-state index is 12.5. The quantitative estimate of drug-likeness (QED) is 0.0331. The van der Waals surface area contributed by atoms with E-state index in [0.29, 0.717) is 19.3 Å². The van der Waals surface area contributed by atoms with Crippen molar-refractivity contribution in [2.24, 2.45) is 0 Å². The highest BCUT2D eigenvalue weighted by atomic mass is 16.6. The van der Waals surface area contributed by atoms with Crippen LogP contribution in [-0.4, -0.2) is 75.5 Å². The Labute approximate surface area is 278 Å². The molecule has 0 radical (unpaired) electrons. The molecule has 0 aromatic carbocycles. The largest absolute Gasteiger partial charge is 0.544 e. The van der Waals surface area contributed by atoms with Crippen molar-refractivity contribution < 1.29 is 38.2 Å². The standard InChI is InChI=1S/C38H59NO7/c1-6-8-10-12-14-16-17-18-19-21-23-25-27-29-37(41)46-34(32-44-31-30-35(38(42)43)39(3,4)5)33-45-36(40)28-26-24-22-20-15-13-11-9-7-2/h8-12,14-21,23,34-35H,6-7,13,22,24-33H2,1-5H3/b10-8+,11-9+,14-12+,17-16+,19-18+,20-15+,23-21+. The Balaban J connectivity index is 4.70. The molecule has 0 aromatic heterocycles. The summed E-state index contributed by atoms with van der Waals surface area (Å²) in [6, 6.07) is -0.745. The number of nitrogens with zero attached hydrogens (tertiary/aromatic N) is 1. The Morgan fingerprint density at radius 3 is 1.89 bits per heavy atom. The monoisotopic (exact) mass is 641 g/mol. The summed E-state index contributed by atoms with van der Waals surface area (Å²) in [4.78, 5) is 36.4. The second kappa shape index (κ2) is 28.9. The van der Waals surface area contributed by atoms with E-state index in [-0.39, 0.29) is 49.5 Å². The molecule has 0 N–H and O–H groups in total. The van der Waals surface area contributed by atoms with Crippen molar-refractivity contribution in [2.45, 2.75) is 96.6 Å². The highest BCUT2D eigenvalue weighted by Gasteiger charge is 2.25. The molecule has 8 nitrogen and oxygen atoms in total. The highest BCUT2D eigenvalue weighted by molar-refractivity contribution is 5.70. The van der Waals surface area contributed by atoms with E-state index in [0.717, 1.165) is 32.1 Å². The second-order valence-electron chi connectivity index (χ2n) is 11.8. The molecule has 8 heteroatoms. The van der Waals surface area contributed by atoms with Gasteiger partial charge in [0.05, 0.1) is 40.3 Å². The van der Waals surface area contributed by atoms with Gasteiger partial charge in [0.2, 0.25) is 0 Å². The molecule has 0 aliphatic carbocycles. The van der Waals surface area contributed by atoms with E-state index >= 15 is 0 Å². The Morgan fingerprint density at radius 1 is 0.674 bits per heavy atom. The Hall–Kier alpha value is -3.49. The minimum atomic E-state index is -1.15. The summed E-state index contributed by atoms with van der Waals surface area (Å²) in [7, 11) is 5.33. The molecule has 258 valence electrons. The van der Waals surface area contributed by atoms with Gasteiger partial charge in [-0.05, 0) is 51.4 Å². The number of unbranched alkanes of at least 4 members (excludes halogenated alkanes) is 3. The number of hydrogen-bond acceptors (Lipinski definition) is 7. The molecule has 0 bridgehead atoms. The van der Waals surface area contributed by atoms with Gasteiger partial charge < -0.3 is 28.6 Å². The lowest BCUT2D eigenvalue weighted by Crippen LogP contribution is -2.55. The summed E-state index contributed by atoms with van der Waals surface area (Å²) in [5.41, 5.74) is 0. The molecule has 2 unspecified atom stereocenters. The summed E-state index contributed by atoms with van der Waals surface area (Å²) in [5.74, 6) is -1.90. The third-order valence-electron chi connectivity index (χ3n) is 6.66. The fourth-order valence-corrected chi connectivity index (χ4v) is 4.08. The van der Waals surface area contributed by atoms with Crippen molar-refractivity contribution >= 4 is 17.9 Å². The van der Waals surface area contributed by atoms with Gasteiger partial charge >= 0.3 is 11.9 Å². The normalized spacial score (nSPS) is 14.2. The average molecular weight is 642 g/mol. The maximum atomic E-state index is 12.5. The Morgan fingerprint density at radius 2 is 1.26 bits per heavy atom. The summed E-state index contributed by atoms with van der Waals surface area (Å²) < 4.78 is 16.9. The summed E-state index contributed by atoms with van der Waals surface area (Å²) in [6.45, 7) is 4.21. The van der Waals surface area contributed by atoms with Crippen LogP contribution in [0.3, 0.4) is 0 Å². The van der Waals surface area contributed by atoms with Crippen molar-refractivity contribution in [1.82, 2.24) is 0 Å². The van der Waals surface area contributed by atoms with Gasteiger partial charge in [0.15, 0.2) is 6.10 Å². The van der Waals surface area contributed by atoms with Gasteiger partial charge in [-0.3, -0.25) is 9.59 Å². The van der Waals surface area contributed by atoms with E-state index in [1.165, 1.54) is 0 Å². The SMILES string of the molecule is CC/C=C/C=C/C=C/C=C/C=C/CCCC(=O)OC(COCCC(C(=O)[O-])[N+](C)(C)C)COC(=O)CCCC/C=C/C/C=C/CC. The predicted molar refractivity (Wildman–Crippen MR) is 185 cm³/mol. The van der Waals surface area contributed by atoms with Crippen LogP contribution < -0.4 is 5.11 Å². The molecule has 0 saturated carbocycles. The third kappa shape index (κ3) is 26.9. The van der Waals surface area contributed by atoms with Gasteiger partial charge in [0, 0.05) is 19.3 Å². The Kier molecular flexibility index (Phi) is 26.8. The first-order chi connectivity index (χ1) is 22.1. The number of hydrogen-bond donors (Lipinski definition) is 0. The number of quaternary nitrogens is 1. The lowest BCUT2D eigenvalue weighted by Gasteiger charge is -2.34. The summed E-state index contributed by atoms with van der Waals surface area (Å²) in [6.07, 6.45) is 35.0. The molecular formula is C38H59NO7. The average Bonchev–Trinajstić information content (AvgIpc) is 3.00. The van der Waals surface area contributed by atoms with Crippen LogP contribution in [0.25, 0.3) is 0 Å². The molecule has 0 spiro atoms. The van der Waals surface area contributed by atoms with Crippen molar-refractivity contribution in [3.63, 3.8) is 0 Å². The van der Waals surface area contributed by atoms with Gasteiger partial charge in [0.25, 0.3) is 0 Å². The molecule has 0 aliphatic rings. The number of likely N-dealkylation sites (N-methyl/N-ethyl adjacent to an activating group) is 1. The van der Waals surface area contributed by atoms with Crippen molar-refractivity contribution in [2.75, 3.05) is 41.0 Å². The van der Waals surface area contributed by atoms with Crippen LogP contribution in [0.5, 0.6) is 0 Å². The zero-order valence-corrected chi connectivity index (χ0v) is 28.9. The van der Waals surface area contributed by atoms with E-state index in [1.807, 2.05) is 54.7 Å². The zero-order chi connectivity index (χ0) is 34.3. The minimum absolute atomic E-state index is 0.00447.